The molecule has 0 atom stereocenters. The number of aryl methyl sites for hydroxylation is 1. The Hall–Kier alpha value is -2.86. The molecule has 4 aromatic rings. The van der Waals surface area contributed by atoms with Crippen molar-refractivity contribution < 1.29 is 0 Å². The van der Waals surface area contributed by atoms with Gasteiger partial charge >= 0.3 is 5.69 Å². The summed E-state index contributed by atoms with van der Waals surface area (Å²) in [5, 5.41) is 5.67. The molecule has 0 aliphatic carbocycles. The second-order valence-electron chi connectivity index (χ2n) is 7.36. The summed E-state index contributed by atoms with van der Waals surface area (Å²) in [6.45, 7) is 5.04. The molecule has 6 nitrogen and oxygen atoms in total. The molecule has 7 heteroatoms. The van der Waals surface area contributed by atoms with Crippen molar-refractivity contribution in [2.45, 2.75) is 33.4 Å². The van der Waals surface area contributed by atoms with Crippen molar-refractivity contribution in [2.75, 3.05) is 0 Å². The number of nitrogens with zero attached hydrogens (tertiary/aromatic N) is 4. The van der Waals surface area contributed by atoms with E-state index >= 15 is 0 Å². The zero-order valence-corrected chi connectivity index (χ0v) is 16.6. The van der Waals surface area contributed by atoms with Gasteiger partial charge in [-0.05, 0) is 42.2 Å². The van der Waals surface area contributed by atoms with Gasteiger partial charge in [-0.2, -0.15) is 0 Å². The molecular formula is C21H21ClN4O2. The summed E-state index contributed by atoms with van der Waals surface area (Å²) in [5.74, 6) is 0.810. The quantitative estimate of drug-likeness (QED) is 0.518. The summed E-state index contributed by atoms with van der Waals surface area (Å²) < 4.78 is 4.55. The first-order valence-corrected chi connectivity index (χ1v) is 9.69. The van der Waals surface area contributed by atoms with Gasteiger partial charge < -0.3 is 0 Å². The van der Waals surface area contributed by atoms with Crippen LogP contribution >= 0.6 is 11.6 Å². The van der Waals surface area contributed by atoms with E-state index in [-0.39, 0.29) is 11.2 Å². The first kappa shape index (κ1) is 18.5. The lowest BCUT2D eigenvalue weighted by atomic mass is 10.1. The smallest absolute Gasteiger partial charge is 0.276 e. The first-order valence-electron chi connectivity index (χ1n) is 9.31. The van der Waals surface area contributed by atoms with Crippen LogP contribution in [0.15, 0.2) is 58.1 Å². The fourth-order valence-electron chi connectivity index (χ4n) is 3.32. The van der Waals surface area contributed by atoms with Crippen LogP contribution in [0, 0.1) is 5.92 Å². The van der Waals surface area contributed by atoms with Crippen LogP contribution in [0.5, 0.6) is 0 Å². The van der Waals surface area contributed by atoms with Crippen LogP contribution < -0.4 is 11.2 Å². The fourth-order valence-corrected chi connectivity index (χ4v) is 3.45. The average molecular weight is 397 g/mol. The van der Waals surface area contributed by atoms with Gasteiger partial charge in [0.25, 0.3) is 5.56 Å². The van der Waals surface area contributed by atoms with Crippen LogP contribution in [-0.4, -0.2) is 18.7 Å². The van der Waals surface area contributed by atoms with Crippen molar-refractivity contribution in [3.05, 3.63) is 80.0 Å². The molecular weight excluding hydrogens is 376 g/mol. The molecule has 28 heavy (non-hydrogen) atoms. The van der Waals surface area contributed by atoms with Gasteiger partial charge in [0.2, 0.25) is 5.78 Å². The Morgan fingerprint density at radius 3 is 2.46 bits per heavy atom. The molecule has 4 rings (SSSR count). The van der Waals surface area contributed by atoms with Gasteiger partial charge in [0.05, 0.1) is 17.4 Å². The minimum atomic E-state index is -0.264. The van der Waals surface area contributed by atoms with E-state index in [2.05, 4.69) is 18.9 Å². The van der Waals surface area contributed by atoms with E-state index < -0.39 is 0 Å². The van der Waals surface area contributed by atoms with E-state index in [1.54, 1.807) is 28.8 Å². The Labute approximate surface area is 166 Å². The molecule has 2 aromatic carbocycles. The van der Waals surface area contributed by atoms with Crippen LogP contribution in [0.1, 0.15) is 25.8 Å². The summed E-state index contributed by atoms with van der Waals surface area (Å²) in [7, 11) is 0. The number of para-hydroxylation sites is 1. The summed E-state index contributed by atoms with van der Waals surface area (Å²) >= 11 is 5.95. The van der Waals surface area contributed by atoms with Crippen LogP contribution in [0.25, 0.3) is 16.7 Å². The van der Waals surface area contributed by atoms with Crippen molar-refractivity contribution >= 4 is 28.3 Å². The molecule has 0 aliphatic heterocycles. The number of fused-ring (bicyclic) bond motifs is 3. The van der Waals surface area contributed by atoms with Gasteiger partial charge in [-0.1, -0.05) is 49.7 Å². The van der Waals surface area contributed by atoms with Gasteiger partial charge in [0.15, 0.2) is 0 Å². The molecule has 2 aromatic heterocycles. The SMILES string of the molecule is CC(C)CCn1c(=O)c2ccccc2n2c(=O)n(Cc3ccc(Cl)cc3)nc12. The molecule has 0 saturated heterocycles. The monoisotopic (exact) mass is 396 g/mol. The zero-order valence-electron chi connectivity index (χ0n) is 15.8. The maximum Gasteiger partial charge on any atom is 0.352 e. The molecule has 0 spiro atoms. The van der Waals surface area contributed by atoms with Gasteiger partial charge in [-0.3, -0.25) is 9.36 Å². The predicted octanol–water partition coefficient (Wildman–Crippen LogP) is 3.56. The molecule has 0 radical (unpaired) electrons. The normalized spacial score (nSPS) is 11.7. The van der Waals surface area contributed by atoms with Gasteiger partial charge in [0, 0.05) is 11.6 Å². The lowest BCUT2D eigenvalue weighted by Crippen LogP contribution is -2.27. The molecule has 0 aliphatic rings. The standard InChI is InChI=1S/C21H21ClN4O2/c1-14(2)11-12-24-19(27)17-5-3-4-6-18(17)26-20(24)23-25(21(26)28)13-15-7-9-16(22)10-8-15/h3-10,14H,11-13H2,1-2H3. The Kier molecular flexibility index (Phi) is 4.81. The van der Waals surface area contributed by atoms with Gasteiger partial charge in [0.1, 0.15) is 0 Å². The summed E-state index contributed by atoms with van der Waals surface area (Å²) in [4.78, 5) is 26.2. The second-order valence-corrected chi connectivity index (χ2v) is 7.79. The number of hydrogen-bond acceptors (Lipinski definition) is 3. The lowest BCUT2D eigenvalue weighted by molar-refractivity contribution is 0.511. The highest BCUT2D eigenvalue weighted by atomic mass is 35.5. The van der Waals surface area contributed by atoms with E-state index in [4.69, 9.17) is 11.6 Å². The van der Waals surface area contributed by atoms with Gasteiger partial charge in [-0.25, -0.2) is 13.9 Å². The van der Waals surface area contributed by atoms with Crippen molar-refractivity contribution in [3.8, 4) is 0 Å². The van der Waals surface area contributed by atoms with Crippen LogP contribution in [-0.2, 0) is 13.1 Å². The predicted molar refractivity (Wildman–Crippen MR) is 111 cm³/mol. The maximum atomic E-state index is 13.1. The van der Waals surface area contributed by atoms with Crippen molar-refractivity contribution in [3.63, 3.8) is 0 Å². The van der Waals surface area contributed by atoms with E-state index in [1.165, 1.54) is 9.08 Å². The molecule has 2 heterocycles. The van der Waals surface area contributed by atoms with Crippen molar-refractivity contribution in [2.24, 2.45) is 5.92 Å². The summed E-state index contributed by atoms with van der Waals surface area (Å²) in [5.41, 5.74) is 1.11. The minimum absolute atomic E-state index is 0.118. The highest BCUT2D eigenvalue weighted by Gasteiger charge is 2.17. The topological polar surface area (TPSA) is 61.3 Å². The lowest BCUT2D eigenvalue weighted by Gasteiger charge is -2.10. The van der Waals surface area contributed by atoms with Crippen LogP contribution in [0.3, 0.4) is 0 Å². The Balaban J connectivity index is 1.94. The molecule has 0 bridgehead atoms. The number of rotatable bonds is 5. The molecule has 0 N–H and O–H groups in total. The summed E-state index contributed by atoms with van der Waals surface area (Å²) in [6, 6.07) is 14.5. The Morgan fingerprint density at radius 1 is 1.04 bits per heavy atom. The Bertz CT molecular complexity index is 1270. The Morgan fingerprint density at radius 2 is 1.75 bits per heavy atom. The minimum Gasteiger partial charge on any atom is -0.276 e. The third-order valence-electron chi connectivity index (χ3n) is 4.86. The number of aromatic nitrogens is 4. The molecule has 0 saturated carbocycles. The maximum absolute atomic E-state index is 13.1. The van der Waals surface area contributed by atoms with E-state index in [0.29, 0.717) is 40.7 Å². The van der Waals surface area contributed by atoms with Crippen molar-refractivity contribution in [1.29, 1.82) is 0 Å². The van der Waals surface area contributed by atoms with E-state index in [0.717, 1.165) is 12.0 Å². The van der Waals surface area contributed by atoms with Crippen LogP contribution in [0.2, 0.25) is 5.02 Å². The number of halogens is 1. The third kappa shape index (κ3) is 3.24. The average Bonchev–Trinajstić information content (AvgIpc) is 2.99. The summed E-state index contributed by atoms with van der Waals surface area (Å²) in [6.07, 6.45) is 0.826. The van der Waals surface area contributed by atoms with Crippen LogP contribution in [0.4, 0.5) is 0 Å². The highest BCUT2D eigenvalue weighted by Crippen LogP contribution is 2.14. The largest absolute Gasteiger partial charge is 0.352 e. The first-order chi connectivity index (χ1) is 13.5. The molecule has 0 fully saturated rings. The third-order valence-corrected chi connectivity index (χ3v) is 5.11. The number of benzene rings is 2. The number of hydrogen-bond donors (Lipinski definition) is 0. The molecule has 0 unspecified atom stereocenters. The molecule has 144 valence electrons. The van der Waals surface area contributed by atoms with Crippen molar-refractivity contribution in [1.82, 2.24) is 18.7 Å². The highest BCUT2D eigenvalue weighted by molar-refractivity contribution is 6.30. The van der Waals surface area contributed by atoms with E-state index in [9.17, 15) is 9.59 Å². The second kappa shape index (κ2) is 7.28. The van der Waals surface area contributed by atoms with E-state index in [1.807, 2.05) is 24.3 Å². The molecule has 0 amide bonds. The van der Waals surface area contributed by atoms with Gasteiger partial charge in [-0.15, -0.1) is 5.10 Å². The fraction of sp³-hybridized carbons (Fsp3) is 0.286. The zero-order chi connectivity index (χ0) is 19.8.